The highest BCUT2D eigenvalue weighted by Crippen LogP contribution is 2.47. The SMILES string of the molecule is CC(C)(C)c1ccc(-c2ccc3c(c2)c2ccc(Oc4cccc(N5CN(c6cc(C(C)(C)C)cc(C(C)(C)C)c6)c6ccccc65)c4)cc2n3-c2cc(C(C)(C)C)c(-c3cccc([Si](c4ccccc4)(c4ccccc4)c4ccccc4)c3)cn2)cc1. The van der Waals surface area contributed by atoms with E-state index in [1.165, 1.54) is 65.5 Å². The van der Waals surface area contributed by atoms with E-state index in [4.69, 9.17) is 9.72 Å². The average Bonchev–Trinajstić information content (AvgIpc) is 1.48. The molecular weight excluding hydrogens is 1090 g/mol. The monoisotopic (exact) mass is 1160 g/mol. The maximum absolute atomic E-state index is 7.03. The number of pyridine rings is 1. The predicted octanol–water partition coefficient (Wildman–Crippen LogP) is 19.1. The first kappa shape index (κ1) is 57.8. The van der Waals surface area contributed by atoms with Gasteiger partial charge < -0.3 is 14.5 Å². The molecule has 0 aliphatic carbocycles. The average molecular weight is 1170 g/mol. The zero-order valence-corrected chi connectivity index (χ0v) is 54.2. The van der Waals surface area contributed by atoms with E-state index in [0.29, 0.717) is 6.67 Å². The Morgan fingerprint density at radius 2 is 0.898 bits per heavy atom. The van der Waals surface area contributed by atoms with Crippen molar-refractivity contribution in [2.24, 2.45) is 0 Å². The van der Waals surface area contributed by atoms with Crippen molar-refractivity contribution in [2.45, 2.75) is 105 Å². The molecule has 10 aromatic carbocycles. The van der Waals surface area contributed by atoms with Crippen LogP contribution in [0.15, 0.2) is 255 Å². The second kappa shape index (κ2) is 22.2. The molecule has 0 radical (unpaired) electrons. The van der Waals surface area contributed by atoms with Gasteiger partial charge in [0.05, 0.1) is 22.4 Å². The molecule has 0 N–H and O–H groups in total. The van der Waals surface area contributed by atoms with Crippen LogP contribution in [0.1, 0.15) is 105 Å². The summed E-state index contributed by atoms with van der Waals surface area (Å²) in [5.41, 5.74) is 16.3. The van der Waals surface area contributed by atoms with Gasteiger partial charge in [-0.1, -0.05) is 253 Å². The molecule has 0 saturated heterocycles. The second-order valence-corrected chi connectivity index (χ2v) is 32.0. The highest BCUT2D eigenvalue weighted by atomic mass is 28.3. The van der Waals surface area contributed by atoms with E-state index in [1.54, 1.807) is 0 Å². The maximum Gasteiger partial charge on any atom is 0.179 e. The van der Waals surface area contributed by atoms with Crippen LogP contribution < -0.4 is 35.3 Å². The molecule has 0 amide bonds. The Morgan fingerprint density at radius 3 is 1.48 bits per heavy atom. The Bertz CT molecular complexity index is 4410. The molecule has 0 unspecified atom stereocenters. The third-order valence-corrected chi connectivity index (χ3v) is 22.8. The van der Waals surface area contributed by atoms with E-state index in [1.807, 2.05) is 0 Å². The maximum atomic E-state index is 7.03. The molecule has 1 aliphatic heterocycles. The van der Waals surface area contributed by atoms with Crippen LogP contribution in [0.3, 0.4) is 0 Å². The first-order valence-electron chi connectivity index (χ1n) is 31.2. The standard InChI is InChI=1S/C82H80N4OSi/c1-79(2,3)59-41-38-56(39-42-59)57-40-45-74-71(47-57)70-44-43-65(87-64-28-25-27-62(51-64)84-55-85(76-37-23-22-36-75(76)84)63-49-60(80(4,5)6)48-61(50-63)81(7,8)9)52-77(70)86(74)78-53-73(82(10,11)12)72(54-83-78)58-26-24-35-69(46-58)88(66-29-16-13-17-30-66,67-31-18-14-19-32-67)68-33-20-15-21-34-68/h13-54H,55H2,1-12H3. The normalized spacial score (nSPS) is 13.1. The molecule has 1 aliphatic rings. The minimum Gasteiger partial charge on any atom is -0.457 e. The van der Waals surface area contributed by atoms with Gasteiger partial charge in [-0.05, 0) is 148 Å². The van der Waals surface area contributed by atoms with E-state index in [-0.39, 0.29) is 21.7 Å². The smallest absolute Gasteiger partial charge is 0.179 e. The van der Waals surface area contributed by atoms with Crippen molar-refractivity contribution >= 4 is 73.4 Å². The van der Waals surface area contributed by atoms with Crippen molar-refractivity contribution in [2.75, 3.05) is 16.5 Å². The Hall–Kier alpha value is -9.23. The number of anilines is 4. The Kier molecular flexibility index (Phi) is 14.6. The highest BCUT2D eigenvalue weighted by molar-refractivity contribution is 7.19. The summed E-state index contributed by atoms with van der Waals surface area (Å²) in [6.45, 7) is 28.3. The van der Waals surface area contributed by atoms with Gasteiger partial charge >= 0.3 is 0 Å². The van der Waals surface area contributed by atoms with Crippen LogP contribution >= 0.6 is 0 Å². The first-order valence-corrected chi connectivity index (χ1v) is 33.2. The van der Waals surface area contributed by atoms with Crippen LogP contribution in [0, 0.1) is 0 Å². The second-order valence-electron chi connectivity index (χ2n) is 28.2. The molecule has 5 nitrogen and oxygen atoms in total. The third-order valence-electron chi connectivity index (χ3n) is 18.0. The first-order chi connectivity index (χ1) is 42.1. The van der Waals surface area contributed by atoms with Gasteiger partial charge in [0.25, 0.3) is 0 Å². The molecule has 12 aromatic rings. The molecule has 438 valence electrons. The summed E-state index contributed by atoms with van der Waals surface area (Å²) in [6, 6.07) is 92.3. The van der Waals surface area contributed by atoms with Crippen LogP contribution in [0.25, 0.3) is 49.9 Å². The van der Waals surface area contributed by atoms with Gasteiger partial charge in [0, 0.05) is 46.0 Å². The predicted molar refractivity (Wildman–Crippen MR) is 376 cm³/mol. The molecule has 0 spiro atoms. The van der Waals surface area contributed by atoms with Gasteiger partial charge in [-0.3, -0.25) is 4.57 Å². The van der Waals surface area contributed by atoms with E-state index >= 15 is 0 Å². The van der Waals surface area contributed by atoms with Crippen molar-refractivity contribution in [3.05, 3.63) is 277 Å². The Labute approximate surface area is 522 Å². The summed E-state index contributed by atoms with van der Waals surface area (Å²) in [5, 5.41) is 7.64. The number of hydrogen-bond acceptors (Lipinski definition) is 4. The Balaban J connectivity index is 0.919. The van der Waals surface area contributed by atoms with Crippen molar-refractivity contribution < 1.29 is 4.74 Å². The molecule has 88 heavy (non-hydrogen) atoms. The van der Waals surface area contributed by atoms with Gasteiger partial charge in [-0.2, -0.15) is 0 Å². The lowest BCUT2D eigenvalue weighted by Crippen LogP contribution is -2.74. The number of aromatic nitrogens is 2. The van der Waals surface area contributed by atoms with Gasteiger partial charge in [0.2, 0.25) is 0 Å². The van der Waals surface area contributed by atoms with Gasteiger partial charge in [-0.25, -0.2) is 4.98 Å². The molecular formula is C82H80N4OSi. The minimum absolute atomic E-state index is 0.00476. The van der Waals surface area contributed by atoms with Crippen molar-refractivity contribution in [1.82, 2.24) is 9.55 Å². The van der Waals surface area contributed by atoms with Crippen LogP contribution in [-0.4, -0.2) is 24.3 Å². The topological polar surface area (TPSA) is 33.5 Å². The fourth-order valence-corrected chi connectivity index (χ4v) is 18.0. The lowest BCUT2D eigenvalue weighted by molar-refractivity contribution is 0.483. The molecule has 0 atom stereocenters. The lowest BCUT2D eigenvalue weighted by atomic mass is 9.80. The number of fused-ring (bicyclic) bond motifs is 4. The summed E-state index contributed by atoms with van der Waals surface area (Å²) >= 11 is 0. The zero-order chi connectivity index (χ0) is 61.3. The van der Waals surface area contributed by atoms with Crippen molar-refractivity contribution in [3.63, 3.8) is 0 Å². The molecule has 0 fully saturated rings. The quantitative estimate of drug-likeness (QED) is 0.0955. The molecule has 6 heteroatoms. The van der Waals surface area contributed by atoms with Crippen LogP contribution in [0.4, 0.5) is 22.7 Å². The van der Waals surface area contributed by atoms with E-state index in [2.05, 4.69) is 352 Å². The minimum atomic E-state index is -2.81. The molecule has 2 aromatic heterocycles. The number of benzene rings is 10. The number of para-hydroxylation sites is 2. The summed E-state index contributed by atoms with van der Waals surface area (Å²) < 4.78 is 9.38. The summed E-state index contributed by atoms with van der Waals surface area (Å²) in [6.07, 6.45) is 2.13. The number of ether oxygens (including phenoxy) is 1. The summed E-state index contributed by atoms with van der Waals surface area (Å²) in [7, 11) is -2.81. The zero-order valence-electron chi connectivity index (χ0n) is 53.2. The number of nitrogens with zero attached hydrogens (tertiary/aromatic N) is 4. The fraction of sp³-hybridized carbons (Fsp3) is 0.207. The third kappa shape index (κ3) is 10.7. The highest BCUT2D eigenvalue weighted by Gasteiger charge is 2.42. The largest absolute Gasteiger partial charge is 0.457 e. The van der Waals surface area contributed by atoms with Crippen LogP contribution in [0.2, 0.25) is 0 Å². The molecule has 3 heterocycles. The van der Waals surface area contributed by atoms with Crippen molar-refractivity contribution in [3.8, 4) is 39.6 Å². The van der Waals surface area contributed by atoms with E-state index in [0.717, 1.165) is 61.6 Å². The van der Waals surface area contributed by atoms with Gasteiger partial charge in [-0.15, -0.1) is 0 Å². The van der Waals surface area contributed by atoms with Crippen LogP contribution in [-0.2, 0) is 21.7 Å². The fourth-order valence-electron chi connectivity index (χ4n) is 13.2. The number of hydrogen-bond donors (Lipinski definition) is 0. The molecule has 0 bridgehead atoms. The lowest BCUT2D eigenvalue weighted by Gasteiger charge is -2.35. The van der Waals surface area contributed by atoms with Gasteiger partial charge in [0.1, 0.15) is 24.0 Å². The summed E-state index contributed by atoms with van der Waals surface area (Å²) in [4.78, 5) is 10.4. The summed E-state index contributed by atoms with van der Waals surface area (Å²) in [5.74, 6) is 2.36. The van der Waals surface area contributed by atoms with Crippen LogP contribution in [0.5, 0.6) is 11.5 Å². The Morgan fingerprint density at radius 1 is 0.364 bits per heavy atom. The van der Waals surface area contributed by atoms with Crippen molar-refractivity contribution in [1.29, 1.82) is 0 Å². The molecule has 13 rings (SSSR count). The van der Waals surface area contributed by atoms with E-state index in [9.17, 15) is 0 Å². The van der Waals surface area contributed by atoms with Gasteiger partial charge in [0.15, 0.2) is 8.07 Å². The molecule has 0 saturated carbocycles. The van der Waals surface area contributed by atoms with E-state index < -0.39 is 8.07 Å². The number of rotatable bonds is 11.